The molecule has 2 aromatic rings. The molecule has 0 amide bonds. The molecular weight excluding hydrogens is 296 g/mol. The van der Waals surface area contributed by atoms with Crippen molar-refractivity contribution >= 4 is 45.5 Å². The van der Waals surface area contributed by atoms with Crippen LogP contribution in [0.4, 0.5) is 10.8 Å². The summed E-state index contributed by atoms with van der Waals surface area (Å²) in [7, 11) is 0. The highest BCUT2D eigenvalue weighted by Crippen LogP contribution is 2.37. The second-order valence-corrected chi connectivity index (χ2v) is 7.78. The maximum absolute atomic E-state index is 5.99. The quantitative estimate of drug-likeness (QED) is 0.905. The Kier molecular flexibility index (Phi) is 3.95. The van der Waals surface area contributed by atoms with E-state index < -0.39 is 0 Å². The number of aryl methyl sites for hydroxylation is 1. The summed E-state index contributed by atoms with van der Waals surface area (Å²) in [6.45, 7) is 2.99. The first-order valence-corrected chi connectivity index (χ1v) is 8.97. The Labute approximate surface area is 125 Å². The maximum Gasteiger partial charge on any atom is 0.148 e. The minimum Gasteiger partial charge on any atom is -0.382 e. The fourth-order valence-electron chi connectivity index (χ4n) is 2.16. The highest BCUT2D eigenvalue weighted by molar-refractivity contribution is 8.00. The van der Waals surface area contributed by atoms with Crippen LogP contribution in [0.1, 0.15) is 17.8 Å². The molecule has 7 heteroatoms. The summed E-state index contributed by atoms with van der Waals surface area (Å²) in [5.74, 6) is 1.87. The van der Waals surface area contributed by atoms with E-state index in [2.05, 4.69) is 26.4 Å². The van der Waals surface area contributed by atoms with Crippen molar-refractivity contribution in [1.82, 2.24) is 9.36 Å². The second kappa shape index (κ2) is 5.68. The number of aromatic nitrogens is 2. The molecule has 19 heavy (non-hydrogen) atoms. The molecule has 1 aliphatic heterocycles. The lowest BCUT2D eigenvalue weighted by atomic mass is 10.2. The third kappa shape index (κ3) is 2.88. The predicted octanol–water partition coefficient (Wildman–Crippen LogP) is 3.46. The fourth-order valence-corrected chi connectivity index (χ4v) is 4.69. The van der Waals surface area contributed by atoms with Gasteiger partial charge in [0.15, 0.2) is 0 Å². The molecule has 1 aliphatic rings. The summed E-state index contributed by atoms with van der Waals surface area (Å²) in [5, 5.41) is 8.37. The van der Waals surface area contributed by atoms with Crippen LogP contribution in [0, 0.1) is 6.92 Å². The standard InChI is InChI=1S/C12H16N4S3/c1-7-15-9(6-18-7)10-11(13)16-19-12(10)14-5-8-3-2-4-17-8/h6,8,14H,2-5H2,1H3,(H2,13,16). The lowest BCUT2D eigenvalue weighted by Crippen LogP contribution is -2.13. The molecule has 102 valence electrons. The van der Waals surface area contributed by atoms with Crippen LogP contribution in [0.3, 0.4) is 0 Å². The summed E-state index contributed by atoms with van der Waals surface area (Å²) in [5.41, 5.74) is 7.89. The van der Waals surface area contributed by atoms with Crippen molar-refractivity contribution in [2.75, 3.05) is 23.3 Å². The summed E-state index contributed by atoms with van der Waals surface area (Å²) in [6, 6.07) is 0. The molecule has 0 radical (unpaired) electrons. The normalized spacial score (nSPS) is 18.9. The number of thioether (sulfide) groups is 1. The number of nitrogens with one attached hydrogen (secondary N) is 1. The van der Waals surface area contributed by atoms with Crippen LogP contribution >= 0.6 is 34.6 Å². The molecule has 3 heterocycles. The molecule has 0 bridgehead atoms. The zero-order valence-electron chi connectivity index (χ0n) is 10.7. The average molecular weight is 312 g/mol. The highest BCUT2D eigenvalue weighted by Gasteiger charge is 2.19. The van der Waals surface area contributed by atoms with Crippen LogP contribution in [-0.4, -0.2) is 26.9 Å². The van der Waals surface area contributed by atoms with E-state index >= 15 is 0 Å². The van der Waals surface area contributed by atoms with Crippen LogP contribution in [0.25, 0.3) is 11.3 Å². The first-order chi connectivity index (χ1) is 9.24. The molecule has 3 N–H and O–H groups in total. The average Bonchev–Trinajstić information content (AvgIpc) is 3.08. The Balaban J connectivity index is 1.78. The topological polar surface area (TPSA) is 63.8 Å². The first kappa shape index (κ1) is 13.2. The Bertz CT molecular complexity index is 557. The SMILES string of the molecule is Cc1nc(-c2c(N)nsc2NCC2CCCS2)cs1. The molecule has 0 aromatic carbocycles. The Hall–Kier alpha value is -0.790. The van der Waals surface area contributed by atoms with E-state index in [9.17, 15) is 0 Å². The van der Waals surface area contributed by atoms with Crippen molar-refractivity contribution in [2.45, 2.75) is 25.0 Å². The number of rotatable bonds is 4. The summed E-state index contributed by atoms with van der Waals surface area (Å²) < 4.78 is 4.26. The molecular formula is C12H16N4S3. The highest BCUT2D eigenvalue weighted by atomic mass is 32.2. The largest absolute Gasteiger partial charge is 0.382 e. The van der Waals surface area contributed by atoms with Crippen LogP contribution in [-0.2, 0) is 0 Å². The van der Waals surface area contributed by atoms with Gasteiger partial charge in [-0.05, 0) is 37.1 Å². The van der Waals surface area contributed by atoms with Gasteiger partial charge < -0.3 is 11.1 Å². The van der Waals surface area contributed by atoms with Gasteiger partial charge in [-0.1, -0.05) is 0 Å². The van der Waals surface area contributed by atoms with Crippen LogP contribution in [0.15, 0.2) is 5.38 Å². The van der Waals surface area contributed by atoms with Crippen molar-refractivity contribution < 1.29 is 0 Å². The van der Waals surface area contributed by atoms with Crippen molar-refractivity contribution in [3.8, 4) is 11.3 Å². The van der Waals surface area contributed by atoms with Crippen LogP contribution in [0.2, 0.25) is 0 Å². The van der Waals surface area contributed by atoms with Crippen LogP contribution in [0.5, 0.6) is 0 Å². The molecule has 0 saturated carbocycles. The van der Waals surface area contributed by atoms with E-state index in [1.54, 1.807) is 11.3 Å². The van der Waals surface area contributed by atoms with Gasteiger partial charge in [-0.25, -0.2) is 4.98 Å². The minimum atomic E-state index is 0.580. The molecule has 1 unspecified atom stereocenters. The van der Waals surface area contributed by atoms with Gasteiger partial charge in [-0.2, -0.15) is 16.1 Å². The molecule has 2 aromatic heterocycles. The third-order valence-corrected chi connectivity index (χ3v) is 6.10. The third-order valence-electron chi connectivity index (χ3n) is 3.11. The smallest absolute Gasteiger partial charge is 0.148 e. The Morgan fingerprint density at radius 1 is 1.53 bits per heavy atom. The number of nitrogens with two attached hydrogens (primary N) is 1. The van der Waals surface area contributed by atoms with Crippen LogP contribution < -0.4 is 11.1 Å². The monoisotopic (exact) mass is 312 g/mol. The van der Waals surface area contributed by atoms with Gasteiger partial charge in [0.05, 0.1) is 16.3 Å². The van der Waals surface area contributed by atoms with E-state index in [1.807, 2.05) is 12.3 Å². The van der Waals surface area contributed by atoms with E-state index in [0.717, 1.165) is 27.8 Å². The van der Waals surface area contributed by atoms with E-state index in [0.29, 0.717) is 11.1 Å². The van der Waals surface area contributed by atoms with Crippen molar-refractivity contribution in [2.24, 2.45) is 0 Å². The minimum absolute atomic E-state index is 0.580. The molecule has 0 aliphatic carbocycles. The zero-order chi connectivity index (χ0) is 13.2. The summed E-state index contributed by atoms with van der Waals surface area (Å²) in [6.07, 6.45) is 2.64. The molecule has 1 atom stereocenters. The van der Waals surface area contributed by atoms with Gasteiger partial charge in [0, 0.05) is 17.2 Å². The lowest BCUT2D eigenvalue weighted by Gasteiger charge is -2.10. The lowest BCUT2D eigenvalue weighted by molar-refractivity contribution is 0.806. The van der Waals surface area contributed by atoms with Crippen molar-refractivity contribution in [3.63, 3.8) is 0 Å². The zero-order valence-corrected chi connectivity index (χ0v) is 13.1. The van der Waals surface area contributed by atoms with Gasteiger partial charge in [0.2, 0.25) is 0 Å². The first-order valence-electron chi connectivity index (χ1n) is 6.27. The van der Waals surface area contributed by atoms with Crippen molar-refractivity contribution in [1.29, 1.82) is 0 Å². The molecule has 0 spiro atoms. The molecule has 4 nitrogen and oxygen atoms in total. The van der Waals surface area contributed by atoms with E-state index in [-0.39, 0.29) is 0 Å². The van der Waals surface area contributed by atoms with Gasteiger partial charge in [0.25, 0.3) is 0 Å². The van der Waals surface area contributed by atoms with E-state index in [1.165, 1.54) is 30.1 Å². The number of anilines is 2. The molecule has 3 rings (SSSR count). The predicted molar refractivity (Wildman–Crippen MR) is 86.3 cm³/mol. The fraction of sp³-hybridized carbons (Fsp3) is 0.500. The van der Waals surface area contributed by atoms with Gasteiger partial charge in [-0.15, -0.1) is 11.3 Å². The summed E-state index contributed by atoms with van der Waals surface area (Å²) in [4.78, 5) is 4.51. The van der Waals surface area contributed by atoms with Gasteiger partial charge in [0.1, 0.15) is 10.8 Å². The maximum atomic E-state index is 5.99. The molecule has 1 fully saturated rings. The number of hydrogen-bond donors (Lipinski definition) is 2. The van der Waals surface area contributed by atoms with Crippen molar-refractivity contribution in [3.05, 3.63) is 10.4 Å². The summed E-state index contributed by atoms with van der Waals surface area (Å²) >= 11 is 5.13. The second-order valence-electron chi connectivity index (χ2n) is 4.54. The van der Waals surface area contributed by atoms with E-state index in [4.69, 9.17) is 5.73 Å². The molecule has 1 saturated heterocycles. The number of nitrogens with zero attached hydrogens (tertiary/aromatic N) is 2. The Morgan fingerprint density at radius 3 is 3.11 bits per heavy atom. The van der Waals surface area contributed by atoms with Gasteiger partial charge in [-0.3, -0.25) is 0 Å². The number of hydrogen-bond acceptors (Lipinski definition) is 7. The Morgan fingerprint density at radius 2 is 2.42 bits per heavy atom. The number of thiazole rings is 1. The van der Waals surface area contributed by atoms with Gasteiger partial charge >= 0.3 is 0 Å². The number of nitrogen functional groups attached to an aromatic ring is 1.